The van der Waals surface area contributed by atoms with Crippen molar-refractivity contribution >= 4 is 23.4 Å². The van der Waals surface area contributed by atoms with Gasteiger partial charge in [0, 0.05) is 17.9 Å². The molecule has 0 aliphatic heterocycles. The summed E-state index contributed by atoms with van der Waals surface area (Å²) in [7, 11) is 0. The van der Waals surface area contributed by atoms with Crippen LogP contribution in [-0.4, -0.2) is 17.9 Å². The Morgan fingerprint density at radius 2 is 1.65 bits per heavy atom. The quantitative estimate of drug-likeness (QED) is 0.818. The number of aryl methyl sites for hydroxylation is 1. The summed E-state index contributed by atoms with van der Waals surface area (Å²) in [5.41, 5.74) is 7.36. The summed E-state index contributed by atoms with van der Waals surface area (Å²) in [5.74, 6) is -0.736. The number of halogens is 1. The van der Waals surface area contributed by atoms with Crippen molar-refractivity contribution in [3.63, 3.8) is 0 Å². The molecule has 4 nitrogen and oxygen atoms in total. The van der Waals surface area contributed by atoms with Crippen molar-refractivity contribution in [2.24, 2.45) is 5.73 Å². The Kier molecular flexibility index (Phi) is 6.18. The molecule has 0 radical (unpaired) electrons. The molecule has 0 aliphatic carbocycles. The second-order valence-corrected chi connectivity index (χ2v) is 5.78. The summed E-state index contributed by atoms with van der Waals surface area (Å²) >= 11 is 5.83. The van der Waals surface area contributed by atoms with Gasteiger partial charge in [-0.2, -0.15) is 0 Å². The number of rotatable bonds is 7. The average molecular weight is 331 g/mol. The van der Waals surface area contributed by atoms with E-state index in [0.717, 1.165) is 11.1 Å². The van der Waals surface area contributed by atoms with Crippen molar-refractivity contribution in [3.8, 4) is 0 Å². The molecule has 0 saturated heterocycles. The van der Waals surface area contributed by atoms with Gasteiger partial charge < -0.3 is 11.1 Å². The van der Waals surface area contributed by atoms with Gasteiger partial charge in [0.15, 0.2) is 0 Å². The number of benzene rings is 2. The van der Waals surface area contributed by atoms with Gasteiger partial charge >= 0.3 is 0 Å². The van der Waals surface area contributed by atoms with Crippen molar-refractivity contribution in [3.05, 3.63) is 70.7 Å². The molecule has 3 N–H and O–H groups in total. The van der Waals surface area contributed by atoms with Crippen LogP contribution in [0.25, 0.3) is 0 Å². The Bertz CT molecular complexity index is 656. The summed E-state index contributed by atoms with van der Waals surface area (Å²) in [5, 5.41) is 3.32. The molecule has 2 rings (SSSR count). The average Bonchev–Trinajstić information content (AvgIpc) is 2.55. The van der Waals surface area contributed by atoms with E-state index in [1.165, 1.54) is 0 Å². The van der Waals surface area contributed by atoms with Gasteiger partial charge in [-0.15, -0.1) is 0 Å². The predicted octanol–water partition coefficient (Wildman–Crippen LogP) is 2.49. The fourth-order valence-electron chi connectivity index (χ4n) is 2.25. The predicted molar refractivity (Wildman–Crippen MR) is 91.0 cm³/mol. The third-order valence-corrected chi connectivity index (χ3v) is 3.77. The molecule has 0 aromatic heterocycles. The lowest BCUT2D eigenvalue weighted by Gasteiger charge is -2.15. The van der Waals surface area contributed by atoms with Gasteiger partial charge in [-0.3, -0.25) is 9.59 Å². The van der Waals surface area contributed by atoms with Crippen LogP contribution < -0.4 is 11.1 Å². The number of nitrogens with two attached hydrogens (primary N) is 1. The van der Waals surface area contributed by atoms with Crippen LogP contribution in [0.4, 0.5) is 0 Å². The minimum atomic E-state index is -0.723. The molecule has 0 fully saturated rings. The monoisotopic (exact) mass is 330 g/mol. The molecular weight excluding hydrogens is 312 g/mol. The molecular formula is C18H19ClN2O2. The minimum absolute atomic E-state index is 0.188. The van der Waals surface area contributed by atoms with E-state index in [1.54, 1.807) is 12.1 Å². The zero-order valence-corrected chi connectivity index (χ0v) is 13.4. The van der Waals surface area contributed by atoms with E-state index in [-0.39, 0.29) is 5.91 Å². The lowest BCUT2D eigenvalue weighted by molar-refractivity contribution is -0.127. The maximum Gasteiger partial charge on any atom is 0.240 e. The van der Waals surface area contributed by atoms with Crippen LogP contribution in [-0.2, 0) is 22.4 Å². The second-order valence-electron chi connectivity index (χ2n) is 5.34. The fraction of sp³-hybridized carbons (Fsp3) is 0.222. The normalized spacial score (nSPS) is 11.7. The van der Waals surface area contributed by atoms with E-state index in [0.29, 0.717) is 24.3 Å². The molecule has 0 spiro atoms. The molecule has 0 unspecified atom stereocenters. The van der Waals surface area contributed by atoms with E-state index >= 15 is 0 Å². The summed E-state index contributed by atoms with van der Waals surface area (Å²) in [6.45, 7) is 0. The second kappa shape index (κ2) is 8.34. The third-order valence-electron chi connectivity index (χ3n) is 3.52. The maximum absolute atomic E-state index is 12.0. The highest BCUT2D eigenvalue weighted by Gasteiger charge is 2.18. The Morgan fingerprint density at radius 3 is 2.26 bits per heavy atom. The first-order valence-corrected chi connectivity index (χ1v) is 7.79. The van der Waals surface area contributed by atoms with E-state index in [9.17, 15) is 9.59 Å². The Balaban J connectivity index is 1.89. The maximum atomic E-state index is 12.0. The molecule has 120 valence electrons. The van der Waals surface area contributed by atoms with E-state index in [2.05, 4.69) is 5.32 Å². The molecule has 23 heavy (non-hydrogen) atoms. The molecule has 2 aromatic carbocycles. The summed E-state index contributed by atoms with van der Waals surface area (Å²) in [6.07, 6.45) is 1.29. The van der Waals surface area contributed by atoms with Gasteiger partial charge in [0.2, 0.25) is 11.8 Å². The van der Waals surface area contributed by atoms with Gasteiger partial charge in [0.25, 0.3) is 0 Å². The first kappa shape index (κ1) is 17.0. The van der Waals surface area contributed by atoms with Gasteiger partial charge in [-0.1, -0.05) is 54.1 Å². The number of primary amides is 1. The summed E-state index contributed by atoms with van der Waals surface area (Å²) in [6, 6.07) is 16.1. The highest BCUT2D eigenvalue weighted by molar-refractivity contribution is 6.30. The van der Waals surface area contributed by atoms with Gasteiger partial charge in [0.05, 0.1) is 0 Å². The smallest absolute Gasteiger partial charge is 0.240 e. The third kappa shape index (κ3) is 5.75. The highest BCUT2D eigenvalue weighted by Crippen LogP contribution is 2.11. The topological polar surface area (TPSA) is 72.2 Å². The Hall–Kier alpha value is -2.33. The number of nitrogens with one attached hydrogen (secondary N) is 1. The van der Waals surface area contributed by atoms with Gasteiger partial charge in [-0.25, -0.2) is 0 Å². The van der Waals surface area contributed by atoms with Crippen molar-refractivity contribution in [1.29, 1.82) is 0 Å². The minimum Gasteiger partial charge on any atom is -0.368 e. The highest BCUT2D eigenvalue weighted by atomic mass is 35.5. The van der Waals surface area contributed by atoms with Crippen LogP contribution >= 0.6 is 11.6 Å². The Morgan fingerprint density at radius 1 is 1.00 bits per heavy atom. The van der Waals surface area contributed by atoms with Crippen molar-refractivity contribution in [2.45, 2.75) is 25.3 Å². The molecule has 0 aliphatic rings. The molecule has 5 heteroatoms. The van der Waals surface area contributed by atoms with Crippen LogP contribution in [0.2, 0.25) is 5.02 Å². The van der Waals surface area contributed by atoms with E-state index in [1.807, 2.05) is 42.5 Å². The first-order chi connectivity index (χ1) is 11.0. The summed E-state index contributed by atoms with van der Waals surface area (Å²) < 4.78 is 0. The van der Waals surface area contributed by atoms with Crippen molar-refractivity contribution in [2.75, 3.05) is 0 Å². The lowest BCUT2D eigenvalue weighted by atomic mass is 10.0. The zero-order valence-electron chi connectivity index (χ0n) is 12.7. The fourth-order valence-corrected chi connectivity index (χ4v) is 2.37. The van der Waals surface area contributed by atoms with Crippen molar-refractivity contribution < 1.29 is 9.59 Å². The van der Waals surface area contributed by atoms with Crippen LogP contribution in [0.3, 0.4) is 0 Å². The largest absolute Gasteiger partial charge is 0.368 e. The lowest BCUT2D eigenvalue weighted by Crippen LogP contribution is -2.45. The van der Waals surface area contributed by atoms with Crippen LogP contribution in [0.5, 0.6) is 0 Å². The molecule has 1 atom stereocenters. The molecule has 0 saturated carbocycles. The van der Waals surface area contributed by atoms with Crippen LogP contribution in [0.15, 0.2) is 54.6 Å². The number of hydrogen-bond acceptors (Lipinski definition) is 2. The number of carbonyl (C=O) groups excluding carboxylic acids is 2. The van der Waals surface area contributed by atoms with Gasteiger partial charge in [-0.05, 0) is 29.7 Å². The van der Waals surface area contributed by atoms with E-state index in [4.69, 9.17) is 17.3 Å². The zero-order chi connectivity index (χ0) is 16.7. The van der Waals surface area contributed by atoms with Crippen LogP contribution in [0, 0.1) is 0 Å². The number of amides is 2. The standard InChI is InChI=1S/C18H19ClN2O2/c19-15-9-6-14(7-10-15)12-16(18(20)23)21-17(22)11-8-13-4-2-1-3-5-13/h1-7,9-10,16H,8,11-12H2,(H2,20,23)(H,21,22)/t16-/m0/s1. The first-order valence-electron chi connectivity index (χ1n) is 7.41. The SMILES string of the molecule is NC(=O)[C@H](Cc1ccc(Cl)cc1)NC(=O)CCc1ccccc1. The van der Waals surface area contributed by atoms with E-state index < -0.39 is 11.9 Å². The van der Waals surface area contributed by atoms with Crippen LogP contribution in [0.1, 0.15) is 17.5 Å². The van der Waals surface area contributed by atoms with Gasteiger partial charge in [0.1, 0.15) is 6.04 Å². The Labute approximate surface area is 140 Å². The molecule has 2 amide bonds. The number of carbonyl (C=O) groups is 2. The van der Waals surface area contributed by atoms with Crippen molar-refractivity contribution in [1.82, 2.24) is 5.32 Å². The molecule has 0 bridgehead atoms. The summed E-state index contributed by atoms with van der Waals surface area (Å²) in [4.78, 5) is 23.6. The molecule has 0 heterocycles. The molecule has 2 aromatic rings. The number of hydrogen-bond donors (Lipinski definition) is 2.